The highest BCUT2D eigenvalue weighted by Gasteiger charge is 2.00. The lowest BCUT2D eigenvalue weighted by Crippen LogP contribution is -2.04. The molecule has 4 heteroatoms. The minimum Gasteiger partial charge on any atom is -0.491 e. The first-order valence-corrected chi connectivity index (χ1v) is 4.39. The fraction of sp³-hybridized carbons (Fsp3) is 0.333. The van der Waals surface area contributed by atoms with Crippen molar-refractivity contribution in [3.63, 3.8) is 0 Å². The third-order valence-corrected chi connectivity index (χ3v) is 1.99. The Hall–Kier alpha value is -0.610. The van der Waals surface area contributed by atoms with Crippen LogP contribution in [0.2, 0.25) is 0 Å². The molecule has 0 bridgehead atoms. The van der Waals surface area contributed by atoms with Crippen LogP contribution >= 0.6 is 15.9 Å². The highest BCUT2D eigenvalue weighted by atomic mass is 79.9. The maximum Gasteiger partial charge on any atom is 0.141 e. The molecule has 1 rings (SSSR count). The predicted octanol–water partition coefficient (Wildman–Crippen LogP) is 2.61. The summed E-state index contributed by atoms with van der Waals surface area (Å²) in [6.07, 6.45) is 0. The van der Waals surface area contributed by atoms with Crippen LogP contribution in [0, 0.1) is 5.82 Å². The minimum absolute atomic E-state index is 0.0550. The summed E-state index contributed by atoms with van der Waals surface area (Å²) in [5, 5.41) is 0. The van der Waals surface area contributed by atoms with Gasteiger partial charge in [-0.1, -0.05) is 0 Å². The molecule has 0 unspecified atom stereocenters. The molecular formula is C9H10BrFO2. The summed E-state index contributed by atoms with van der Waals surface area (Å²) in [6.45, 7) is -0.0202. The van der Waals surface area contributed by atoms with E-state index in [2.05, 4.69) is 20.7 Å². The van der Waals surface area contributed by atoms with E-state index >= 15 is 0 Å². The Bertz CT molecular complexity index is 357. The lowest BCUT2D eigenvalue weighted by molar-refractivity contribution is 0.146. The zero-order valence-corrected chi connectivity index (χ0v) is 8.30. The Morgan fingerprint density at radius 3 is 3.08 bits per heavy atom. The lowest BCUT2D eigenvalue weighted by atomic mass is 10.3. The minimum atomic E-state index is -2.42. The van der Waals surface area contributed by atoms with E-state index in [4.69, 9.17) is 8.85 Å². The zero-order valence-electron chi connectivity index (χ0n) is 9.72. The molecule has 0 aromatic heterocycles. The lowest BCUT2D eigenvalue weighted by Gasteiger charge is -2.05. The van der Waals surface area contributed by atoms with E-state index in [1.165, 1.54) is 12.1 Å². The van der Waals surface area contributed by atoms with Gasteiger partial charge < -0.3 is 9.47 Å². The Morgan fingerprint density at radius 1 is 1.54 bits per heavy atom. The standard InChI is InChI=1S/C9H10BrFO2/c1-12-4-5-13-7-2-3-8(10)9(11)6-7/h2-3,6H,4-5H2,1H3/i1D3. The molecule has 2 nitrogen and oxygen atoms in total. The maximum atomic E-state index is 13.0. The summed E-state index contributed by atoms with van der Waals surface area (Å²) in [5.41, 5.74) is 0. The predicted molar refractivity (Wildman–Crippen MR) is 51.5 cm³/mol. The zero-order chi connectivity index (χ0) is 12.2. The summed E-state index contributed by atoms with van der Waals surface area (Å²) < 4.78 is 43.3. The summed E-state index contributed by atoms with van der Waals surface area (Å²) in [5.74, 6) is -0.107. The van der Waals surface area contributed by atoms with Crippen LogP contribution < -0.4 is 4.74 Å². The fourth-order valence-electron chi connectivity index (χ4n) is 0.768. The van der Waals surface area contributed by atoms with Gasteiger partial charge in [-0.3, -0.25) is 0 Å². The van der Waals surface area contributed by atoms with Gasteiger partial charge in [0.25, 0.3) is 0 Å². The molecule has 0 N–H and O–H groups in total. The van der Waals surface area contributed by atoms with Crippen molar-refractivity contribution in [2.45, 2.75) is 0 Å². The molecule has 0 amide bonds. The highest BCUT2D eigenvalue weighted by Crippen LogP contribution is 2.20. The van der Waals surface area contributed by atoms with Crippen molar-refractivity contribution in [1.82, 2.24) is 0 Å². The molecule has 13 heavy (non-hydrogen) atoms. The molecular weight excluding hydrogens is 239 g/mol. The van der Waals surface area contributed by atoms with Gasteiger partial charge in [-0.2, -0.15) is 0 Å². The quantitative estimate of drug-likeness (QED) is 0.767. The van der Waals surface area contributed by atoms with Crippen molar-refractivity contribution in [3.8, 4) is 5.75 Å². The number of ether oxygens (including phenoxy) is 2. The normalized spacial score (nSPS) is 14.5. The van der Waals surface area contributed by atoms with Crippen LogP contribution in [-0.2, 0) is 4.74 Å². The Morgan fingerprint density at radius 2 is 2.38 bits per heavy atom. The van der Waals surface area contributed by atoms with Crippen molar-refractivity contribution >= 4 is 15.9 Å². The van der Waals surface area contributed by atoms with E-state index in [9.17, 15) is 4.39 Å². The summed E-state index contributed by atoms with van der Waals surface area (Å²) in [6, 6.07) is 4.29. The number of benzene rings is 1. The van der Waals surface area contributed by atoms with Crippen LogP contribution in [-0.4, -0.2) is 20.3 Å². The maximum absolute atomic E-state index is 13.0. The van der Waals surface area contributed by atoms with Gasteiger partial charge in [0.2, 0.25) is 0 Å². The van der Waals surface area contributed by atoms with Gasteiger partial charge in [0, 0.05) is 13.1 Å². The van der Waals surface area contributed by atoms with Gasteiger partial charge in [-0.25, -0.2) is 4.39 Å². The summed E-state index contributed by atoms with van der Waals surface area (Å²) in [7, 11) is -2.42. The number of halogens is 2. The van der Waals surface area contributed by atoms with Crippen LogP contribution in [0.1, 0.15) is 4.11 Å². The molecule has 0 radical (unpaired) electrons. The molecule has 0 aliphatic rings. The molecule has 0 atom stereocenters. The molecule has 1 aromatic rings. The van der Waals surface area contributed by atoms with Crippen molar-refractivity contribution in [2.24, 2.45) is 0 Å². The average molecular weight is 252 g/mol. The topological polar surface area (TPSA) is 18.5 Å². The molecule has 0 fully saturated rings. The van der Waals surface area contributed by atoms with Crippen molar-refractivity contribution < 1.29 is 18.0 Å². The van der Waals surface area contributed by atoms with E-state index in [-0.39, 0.29) is 13.2 Å². The van der Waals surface area contributed by atoms with Crippen LogP contribution in [0.4, 0.5) is 4.39 Å². The van der Waals surface area contributed by atoms with E-state index in [1.807, 2.05) is 0 Å². The second-order valence-electron chi connectivity index (χ2n) is 2.27. The summed E-state index contributed by atoms with van der Waals surface area (Å²) >= 11 is 3.01. The van der Waals surface area contributed by atoms with E-state index in [0.29, 0.717) is 10.2 Å². The van der Waals surface area contributed by atoms with Crippen molar-refractivity contribution in [2.75, 3.05) is 20.3 Å². The van der Waals surface area contributed by atoms with E-state index in [0.717, 1.165) is 0 Å². The number of methoxy groups -OCH3 is 1. The van der Waals surface area contributed by atoms with Gasteiger partial charge in [-0.15, -0.1) is 0 Å². The molecule has 0 aliphatic heterocycles. The number of rotatable bonds is 4. The molecule has 0 spiro atoms. The van der Waals surface area contributed by atoms with Crippen LogP contribution in [0.3, 0.4) is 0 Å². The van der Waals surface area contributed by atoms with Gasteiger partial charge in [0.05, 0.1) is 15.2 Å². The fourth-order valence-corrected chi connectivity index (χ4v) is 1.01. The van der Waals surface area contributed by atoms with Crippen LogP contribution in [0.15, 0.2) is 22.7 Å². The van der Waals surface area contributed by atoms with Crippen molar-refractivity contribution in [1.29, 1.82) is 0 Å². The first-order chi connectivity index (χ1) is 7.38. The molecule has 0 saturated heterocycles. The summed E-state index contributed by atoms with van der Waals surface area (Å²) in [4.78, 5) is 0. The van der Waals surface area contributed by atoms with Crippen LogP contribution in [0.25, 0.3) is 0 Å². The number of hydrogen-bond donors (Lipinski definition) is 0. The van der Waals surface area contributed by atoms with Gasteiger partial charge in [0.15, 0.2) is 0 Å². The molecule has 0 saturated carbocycles. The molecule has 72 valence electrons. The van der Waals surface area contributed by atoms with Crippen molar-refractivity contribution in [3.05, 3.63) is 28.5 Å². The van der Waals surface area contributed by atoms with E-state index in [1.54, 1.807) is 6.07 Å². The number of hydrogen-bond acceptors (Lipinski definition) is 2. The Labute approximate surface area is 89.0 Å². The third kappa shape index (κ3) is 3.32. The molecule has 0 aliphatic carbocycles. The van der Waals surface area contributed by atoms with E-state index < -0.39 is 12.9 Å². The molecule has 0 heterocycles. The Balaban J connectivity index is 2.35. The highest BCUT2D eigenvalue weighted by molar-refractivity contribution is 9.10. The largest absolute Gasteiger partial charge is 0.491 e. The Kier molecular flexibility index (Phi) is 2.71. The first kappa shape index (κ1) is 6.79. The van der Waals surface area contributed by atoms with Crippen LogP contribution in [0.5, 0.6) is 5.75 Å². The average Bonchev–Trinajstić information content (AvgIpc) is 2.17. The van der Waals surface area contributed by atoms with Gasteiger partial charge in [0.1, 0.15) is 18.2 Å². The SMILES string of the molecule is [2H]C([2H])([2H])OCCOc1ccc(Br)c(F)c1. The monoisotopic (exact) mass is 251 g/mol. The van der Waals surface area contributed by atoms with Gasteiger partial charge in [-0.05, 0) is 28.1 Å². The third-order valence-electron chi connectivity index (χ3n) is 1.35. The first-order valence-electron chi connectivity index (χ1n) is 5.10. The smallest absolute Gasteiger partial charge is 0.141 e. The second kappa shape index (κ2) is 5.19. The molecule has 1 aromatic carbocycles. The van der Waals surface area contributed by atoms with Gasteiger partial charge >= 0.3 is 0 Å². The second-order valence-corrected chi connectivity index (χ2v) is 3.13.